The summed E-state index contributed by atoms with van der Waals surface area (Å²) in [5, 5.41) is 10.7. The van der Waals surface area contributed by atoms with Crippen LogP contribution < -0.4 is 0 Å². The predicted molar refractivity (Wildman–Crippen MR) is 77.9 cm³/mol. The van der Waals surface area contributed by atoms with Crippen LogP contribution in [-0.4, -0.2) is 18.3 Å². The molecule has 0 heterocycles. The first-order valence-electron chi connectivity index (χ1n) is 7.37. The first-order valence-corrected chi connectivity index (χ1v) is 7.37. The minimum Gasteiger partial charge on any atom is -0.390 e. The van der Waals surface area contributed by atoms with E-state index in [2.05, 4.69) is 13.8 Å². The smallest absolute Gasteiger partial charge is 0.108 e. The van der Waals surface area contributed by atoms with Crippen molar-refractivity contribution in [3.63, 3.8) is 0 Å². The Hall–Kier alpha value is -0.860. The van der Waals surface area contributed by atoms with Gasteiger partial charge in [0, 0.05) is 7.11 Å². The third-order valence-corrected chi connectivity index (χ3v) is 4.39. The molecule has 0 amide bonds. The van der Waals surface area contributed by atoms with Crippen LogP contribution in [0, 0.1) is 17.8 Å². The quantitative estimate of drug-likeness (QED) is 0.894. The Morgan fingerprint density at radius 3 is 2.16 bits per heavy atom. The summed E-state index contributed by atoms with van der Waals surface area (Å²) in [6.45, 7) is 4.58. The first-order chi connectivity index (χ1) is 9.11. The van der Waals surface area contributed by atoms with Crippen molar-refractivity contribution in [3.8, 4) is 0 Å². The molecule has 4 atom stereocenters. The standard InChI is InChI=1S/C17H26O2/c1-12-9-13(2)11-15(10-12)16(18)17(19-3)14-7-5-4-6-8-14/h4-8,12-13,15-18H,9-11H2,1-3H3. The van der Waals surface area contributed by atoms with Crippen molar-refractivity contribution < 1.29 is 9.84 Å². The Kier molecular flexibility index (Phi) is 5.00. The van der Waals surface area contributed by atoms with Crippen LogP contribution >= 0.6 is 0 Å². The van der Waals surface area contributed by atoms with Gasteiger partial charge in [0.15, 0.2) is 0 Å². The zero-order valence-electron chi connectivity index (χ0n) is 12.3. The number of aliphatic hydroxyl groups is 1. The Balaban J connectivity index is 2.10. The monoisotopic (exact) mass is 262 g/mol. The van der Waals surface area contributed by atoms with E-state index in [9.17, 15) is 5.11 Å². The van der Waals surface area contributed by atoms with Crippen LogP contribution in [-0.2, 0) is 4.74 Å². The first kappa shape index (κ1) is 14.5. The highest BCUT2D eigenvalue weighted by molar-refractivity contribution is 5.19. The highest BCUT2D eigenvalue weighted by Gasteiger charge is 2.34. The number of benzene rings is 1. The summed E-state index contributed by atoms with van der Waals surface area (Å²) in [5.41, 5.74) is 1.07. The molecular weight excluding hydrogens is 236 g/mol. The molecule has 0 spiro atoms. The van der Waals surface area contributed by atoms with Gasteiger partial charge in [0.05, 0.1) is 6.10 Å². The Labute approximate surface area is 116 Å². The van der Waals surface area contributed by atoms with Gasteiger partial charge in [-0.3, -0.25) is 0 Å². The minimum atomic E-state index is -0.405. The SMILES string of the molecule is COC(c1ccccc1)C(O)C1CC(C)CC(C)C1. The summed E-state index contributed by atoms with van der Waals surface area (Å²) in [6, 6.07) is 10.1. The fourth-order valence-electron chi connectivity index (χ4n) is 3.65. The van der Waals surface area contributed by atoms with E-state index in [-0.39, 0.29) is 6.10 Å². The van der Waals surface area contributed by atoms with Crippen molar-refractivity contribution in [2.75, 3.05) is 7.11 Å². The van der Waals surface area contributed by atoms with Crippen molar-refractivity contribution in [2.45, 2.75) is 45.3 Å². The number of hydrogen-bond acceptors (Lipinski definition) is 2. The van der Waals surface area contributed by atoms with Gasteiger partial charge in [-0.05, 0) is 42.6 Å². The number of ether oxygens (including phenoxy) is 1. The third kappa shape index (κ3) is 3.58. The lowest BCUT2D eigenvalue weighted by Crippen LogP contribution is -2.34. The van der Waals surface area contributed by atoms with E-state index >= 15 is 0 Å². The molecule has 2 rings (SSSR count). The van der Waals surface area contributed by atoms with E-state index in [4.69, 9.17) is 4.74 Å². The van der Waals surface area contributed by atoms with Gasteiger partial charge >= 0.3 is 0 Å². The molecule has 1 aromatic rings. The molecule has 2 nitrogen and oxygen atoms in total. The maximum Gasteiger partial charge on any atom is 0.108 e. The second kappa shape index (κ2) is 6.53. The molecule has 0 bridgehead atoms. The topological polar surface area (TPSA) is 29.5 Å². The highest BCUT2D eigenvalue weighted by atomic mass is 16.5. The molecule has 4 unspecified atom stereocenters. The fraction of sp³-hybridized carbons (Fsp3) is 0.647. The van der Waals surface area contributed by atoms with Gasteiger partial charge in [-0.2, -0.15) is 0 Å². The maximum absolute atomic E-state index is 10.7. The molecule has 1 aromatic carbocycles. The molecule has 19 heavy (non-hydrogen) atoms. The number of methoxy groups -OCH3 is 1. The molecule has 1 N–H and O–H groups in total. The second-order valence-corrected chi connectivity index (χ2v) is 6.24. The number of hydrogen-bond donors (Lipinski definition) is 1. The Morgan fingerprint density at radius 1 is 1.05 bits per heavy atom. The molecule has 106 valence electrons. The van der Waals surface area contributed by atoms with Gasteiger partial charge in [-0.25, -0.2) is 0 Å². The van der Waals surface area contributed by atoms with Gasteiger partial charge in [-0.15, -0.1) is 0 Å². The van der Waals surface area contributed by atoms with Crippen molar-refractivity contribution in [3.05, 3.63) is 35.9 Å². The van der Waals surface area contributed by atoms with E-state index in [1.807, 2.05) is 30.3 Å². The predicted octanol–water partition coefficient (Wildman–Crippen LogP) is 3.81. The normalized spacial score (nSPS) is 30.8. The Bertz CT molecular complexity index is 366. The fourth-order valence-corrected chi connectivity index (χ4v) is 3.65. The zero-order chi connectivity index (χ0) is 13.8. The second-order valence-electron chi connectivity index (χ2n) is 6.24. The van der Waals surface area contributed by atoms with E-state index < -0.39 is 6.10 Å². The average Bonchev–Trinajstić information content (AvgIpc) is 2.39. The van der Waals surface area contributed by atoms with Crippen molar-refractivity contribution in [1.82, 2.24) is 0 Å². The van der Waals surface area contributed by atoms with Crippen LogP contribution in [0.15, 0.2) is 30.3 Å². The summed E-state index contributed by atoms with van der Waals surface area (Å²) < 4.78 is 5.57. The van der Waals surface area contributed by atoms with Crippen molar-refractivity contribution >= 4 is 0 Å². The molecule has 0 radical (unpaired) electrons. The molecule has 2 heteroatoms. The van der Waals surface area contributed by atoms with E-state index in [0.29, 0.717) is 17.8 Å². The van der Waals surface area contributed by atoms with Crippen LogP contribution in [0.4, 0.5) is 0 Å². The van der Waals surface area contributed by atoms with Crippen LogP contribution in [0.1, 0.15) is 44.8 Å². The summed E-state index contributed by atoms with van der Waals surface area (Å²) >= 11 is 0. The number of rotatable bonds is 4. The molecule has 0 saturated heterocycles. The largest absolute Gasteiger partial charge is 0.390 e. The molecule has 0 aromatic heterocycles. The number of aliphatic hydroxyl groups excluding tert-OH is 1. The highest BCUT2D eigenvalue weighted by Crippen LogP contribution is 2.38. The van der Waals surface area contributed by atoms with E-state index in [1.165, 1.54) is 6.42 Å². The van der Waals surface area contributed by atoms with Gasteiger partial charge < -0.3 is 9.84 Å². The lowest BCUT2D eigenvalue weighted by molar-refractivity contribution is -0.0602. The molecule has 1 fully saturated rings. The van der Waals surface area contributed by atoms with Crippen LogP contribution in [0.5, 0.6) is 0 Å². The summed E-state index contributed by atoms with van der Waals surface area (Å²) in [6.07, 6.45) is 2.89. The molecule has 0 aliphatic heterocycles. The molecule has 1 saturated carbocycles. The van der Waals surface area contributed by atoms with Crippen molar-refractivity contribution in [2.24, 2.45) is 17.8 Å². The molecule has 1 aliphatic rings. The zero-order valence-corrected chi connectivity index (χ0v) is 12.3. The van der Waals surface area contributed by atoms with Gasteiger partial charge in [0.2, 0.25) is 0 Å². The average molecular weight is 262 g/mol. The molecular formula is C17H26O2. The lowest BCUT2D eigenvalue weighted by atomic mass is 9.73. The minimum absolute atomic E-state index is 0.205. The van der Waals surface area contributed by atoms with E-state index in [0.717, 1.165) is 18.4 Å². The van der Waals surface area contributed by atoms with Crippen molar-refractivity contribution in [1.29, 1.82) is 0 Å². The third-order valence-electron chi connectivity index (χ3n) is 4.39. The van der Waals surface area contributed by atoms with Gasteiger partial charge in [0.25, 0.3) is 0 Å². The maximum atomic E-state index is 10.7. The summed E-state index contributed by atoms with van der Waals surface area (Å²) in [4.78, 5) is 0. The Morgan fingerprint density at radius 2 is 1.63 bits per heavy atom. The van der Waals surface area contributed by atoms with Crippen LogP contribution in [0.25, 0.3) is 0 Å². The summed E-state index contributed by atoms with van der Waals surface area (Å²) in [7, 11) is 1.69. The van der Waals surface area contributed by atoms with Crippen LogP contribution in [0.3, 0.4) is 0 Å². The van der Waals surface area contributed by atoms with E-state index in [1.54, 1.807) is 7.11 Å². The van der Waals surface area contributed by atoms with Crippen LogP contribution in [0.2, 0.25) is 0 Å². The summed E-state index contributed by atoms with van der Waals surface area (Å²) in [5.74, 6) is 1.76. The van der Waals surface area contributed by atoms with Gasteiger partial charge in [-0.1, -0.05) is 44.2 Å². The van der Waals surface area contributed by atoms with Gasteiger partial charge in [0.1, 0.15) is 6.10 Å². The lowest BCUT2D eigenvalue weighted by Gasteiger charge is -2.37. The molecule has 1 aliphatic carbocycles.